The molecule has 4 rings (SSSR count). The lowest BCUT2D eigenvalue weighted by molar-refractivity contribution is -0.202. The van der Waals surface area contributed by atoms with E-state index in [4.69, 9.17) is 4.43 Å². The topological polar surface area (TPSA) is 95.9 Å². The number of hydrogen-bond donors (Lipinski definition) is 1. The second-order valence-corrected chi connectivity index (χ2v) is 21.8. The van der Waals surface area contributed by atoms with Crippen LogP contribution in [-0.4, -0.2) is 45.2 Å². The van der Waals surface area contributed by atoms with Gasteiger partial charge in [0.25, 0.3) is 0 Å². The lowest BCUT2D eigenvalue weighted by Crippen LogP contribution is -2.62. The molecule has 228 valence electrons. The van der Waals surface area contributed by atoms with E-state index in [1.54, 1.807) is 0 Å². The van der Waals surface area contributed by atoms with Crippen molar-refractivity contribution >= 4 is 18.7 Å². The van der Waals surface area contributed by atoms with Crippen molar-refractivity contribution < 1.29 is 26.7 Å². The highest BCUT2D eigenvalue weighted by molar-refractivity contribution is 7.80. The van der Waals surface area contributed by atoms with Crippen LogP contribution < -0.4 is 0 Å². The van der Waals surface area contributed by atoms with Crippen LogP contribution in [0.25, 0.3) is 0 Å². The Kier molecular flexibility index (Phi) is 8.95. The summed E-state index contributed by atoms with van der Waals surface area (Å²) in [5, 5.41) is 12.3. The summed E-state index contributed by atoms with van der Waals surface area (Å²) in [5.41, 5.74) is 0.390. The SMILES string of the molecule is CC[C@H]1[C@@H](O)C2C3CC[C@H]([C@H](C)CCOS(=O)(=O)[O-])[C@@]3(C)CCC2[C@@]2(C)CC[C@@H](O[Si](C)(C)C(C)(C)C)C[C@@H]12. The standard InChI is InChI=1S/C31H58O6SSi/c1-10-22-26-19-21(37-39(8,9)29(3,4)5)13-16-31(26,7)25-14-17-30(6)23(11-12-24(30)27(25)28(22)32)20(2)15-18-36-38(33,34)35/h20-28,32H,10-19H2,1-9H3,(H,33,34,35)/p-1/t20-,21-,22-,23-,24?,25?,26+,27?,28-,30-,31-/m1/s1. The fourth-order valence-corrected chi connectivity index (χ4v) is 11.9. The van der Waals surface area contributed by atoms with Gasteiger partial charge in [0.05, 0.1) is 12.7 Å². The highest BCUT2D eigenvalue weighted by atomic mass is 32.3. The molecule has 0 aromatic carbocycles. The molecule has 6 nitrogen and oxygen atoms in total. The van der Waals surface area contributed by atoms with Crippen LogP contribution in [0.15, 0.2) is 0 Å². The molecule has 11 atom stereocenters. The molecule has 0 radical (unpaired) electrons. The first-order valence-electron chi connectivity index (χ1n) is 15.8. The predicted octanol–water partition coefficient (Wildman–Crippen LogP) is 7.15. The highest BCUT2D eigenvalue weighted by Crippen LogP contribution is 2.69. The van der Waals surface area contributed by atoms with Crippen molar-refractivity contribution in [3.8, 4) is 0 Å². The Morgan fingerprint density at radius 1 is 1.03 bits per heavy atom. The molecule has 4 aliphatic carbocycles. The summed E-state index contributed by atoms with van der Waals surface area (Å²) in [4.78, 5) is 0. The smallest absolute Gasteiger partial charge is 0.217 e. The molecule has 4 fully saturated rings. The molecule has 4 saturated carbocycles. The first-order chi connectivity index (χ1) is 17.9. The molecular formula is C31H57O6SSi-. The third-order valence-electron chi connectivity index (χ3n) is 13.2. The van der Waals surface area contributed by atoms with Gasteiger partial charge < -0.3 is 14.1 Å². The lowest BCUT2D eigenvalue weighted by Gasteiger charge is -2.65. The largest absolute Gasteiger partial charge is 0.726 e. The van der Waals surface area contributed by atoms with E-state index in [0.717, 1.165) is 32.1 Å². The molecule has 0 saturated heterocycles. The quantitative estimate of drug-likeness (QED) is 0.185. The molecule has 0 aliphatic heterocycles. The Balaban J connectivity index is 1.53. The third kappa shape index (κ3) is 5.82. The Bertz CT molecular complexity index is 978. The van der Waals surface area contributed by atoms with Crippen molar-refractivity contribution in [2.45, 2.75) is 137 Å². The van der Waals surface area contributed by atoms with E-state index in [-0.39, 0.29) is 34.5 Å². The summed E-state index contributed by atoms with van der Waals surface area (Å²) in [6.07, 6.45) is 9.66. The molecule has 0 amide bonds. The van der Waals surface area contributed by atoms with Gasteiger partial charge in [-0.25, -0.2) is 8.42 Å². The zero-order chi connectivity index (χ0) is 29.2. The van der Waals surface area contributed by atoms with Crippen LogP contribution in [0.5, 0.6) is 0 Å². The Morgan fingerprint density at radius 3 is 2.23 bits per heavy atom. The zero-order valence-corrected chi connectivity index (χ0v) is 28.0. The second kappa shape index (κ2) is 10.9. The Morgan fingerprint density at radius 2 is 1.64 bits per heavy atom. The van der Waals surface area contributed by atoms with Crippen molar-refractivity contribution in [2.75, 3.05) is 6.61 Å². The van der Waals surface area contributed by atoms with Crippen LogP contribution in [0, 0.1) is 52.3 Å². The number of fused-ring (bicyclic) bond motifs is 5. The molecule has 8 heteroatoms. The fourth-order valence-electron chi connectivity index (χ4n) is 10.2. The molecule has 4 aliphatic rings. The van der Waals surface area contributed by atoms with Crippen LogP contribution in [0.1, 0.15) is 106 Å². The van der Waals surface area contributed by atoms with Gasteiger partial charge in [0.2, 0.25) is 10.4 Å². The molecular weight excluding hydrogens is 528 g/mol. The second-order valence-electron chi connectivity index (χ2n) is 16.0. The minimum Gasteiger partial charge on any atom is -0.726 e. The Labute approximate surface area is 240 Å². The Hall–Kier alpha value is 0.00688. The minimum absolute atomic E-state index is 0.0330. The van der Waals surface area contributed by atoms with Crippen molar-refractivity contribution in [1.82, 2.24) is 0 Å². The van der Waals surface area contributed by atoms with Crippen molar-refractivity contribution in [3.63, 3.8) is 0 Å². The first kappa shape index (κ1) is 31.9. The van der Waals surface area contributed by atoms with E-state index in [1.807, 2.05) is 0 Å². The van der Waals surface area contributed by atoms with E-state index in [2.05, 4.69) is 65.7 Å². The average molecular weight is 586 g/mol. The van der Waals surface area contributed by atoms with Gasteiger partial charge in [0.15, 0.2) is 8.32 Å². The average Bonchev–Trinajstić information content (AvgIpc) is 3.15. The summed E-state index contributed by atoms with van der Waals surface area (Å²) in [7, 11) is -6.49. The summed E-state index contributed by atoms with van der Waals surface area (Å²) in [6.45, 7) is 21.1. The van der Waals surface area contributed by atoms with E-state index < -0.39 is 18.7 Å². The van der Waals surface area contributed by atoms with Crippen molar-refractivity contribution in [2.24, 2.45) is 52.3 Å². The van der Waals surface area contributed by atoms with Gasteiger partial charge in [-0.1, -0.05) is 54.9 Å². The number of aliphatic hydroxyl groups is 1. The molecule has 0 bridgehead atoms. The monoisotopic (exact) mass is 585 g/mol. The maximum Gasteiger partial charge on any atom is 0.217 e. The van der Waals surface area contributed by atoms with Crippen LogP contribution in [0.4, 0.5) is 0 Å². The number of rotatable bonds is 8. The molecule has 0 heterocycles. The summed E-state index contributed by atoms with van der Waals surface area (Å²) in [6, 6.07) is 0. The molecule has 0 spiro atoms. The molecule has 0 aromatic heterocycles. The number of aliphatic hydroxyl groups excluding tert-OH is 1. The van der Waals surface area contributed by atoms with Gasteiger partial charge >= 0.3 is 0 Å². The van der Waals surface area contributed by atoms with Crippen LogP contribution >= 0.6 is 0 Å². The summed E-state index contributed by atoms with van der Waals surface area (Å²) >= 11 is 0. The molecule has 1 N–H and O–H groups in total. The van der Waals surface area contributed by atoms with Gasteiger partial charge in [-0.15, -0.1) is 0 Å². The maximum absolute atomic E-state index is 12.1. The van der Waals surface area contributed by atoms with Gasteiger partial charge in [-0.3, -0.25) is 4.18 Å². The van der Waals surface area contributed by atoms with E-state index in [0.29, 0.717) is 48.0 Å². The minimum atomic E-state index is -4.64. The zero-order valence-electron chi connectivity index (χ0n) is 26.2. The highest BCUT2D eigenvalue weighted by Gasteiger charge is 2.65. The third-order valence-corrected chi connectivity index (χ3v) is 18.2. The van der Waals surface area contributed by atoms with E-state index in [1.165, 1.54) is 19.3 Å². The van der Waals surface area contributed by atoms with Gasteiger partial charge in [-0.2, -0.15) is 0 Å². The van der Waals surface area contributed by atoms with Gasteiger partial charge in [-0.05, 0) is 122 Å². The van der Waals surface area contributed by atoms with E-state index >= 15 is 0 Å². The summed E-state index contributed by atoms with van der Waals surface area (Å²) in [5.74, 6) is 2.96. The lowest BCUT2D eigenvalue weighted by atomic mass is 9.41. The molecule has 39 heavy (non-hydrogen) atoms. The fraction of sp³-hybridized carbons (Fsp3) is 1.00. The first-order valence-corrected chi connectivity index (χ1v) is 20.1. The van der Waals surface area contributed by atoms with Gasteiger partial charge in [0, 0.05) is 6.10 Å². The predicted molar refractivity (Wildman–Crippen MR) is 157 cm³/mol. The summed E-state index contributed by atoms with van der Waals surface area (Å²) < 4.78 is 44.4. The van der Waals surface area contributed by atoms with Crippen LogP contribution in [0.3, 0.4) is 0 Å². The van der Waals surface area contributed by atoms with E-state index in [9.17, 15) is 18.1 Å². The maximum atomic E-state index is 12.1. The van der Waals surface area contributed by atoms with Crippen LogP contribution in [-0.2, 0) is 19.0 Å². The normalized spacial score (nSPS) is 43.9. The van der Waals surface area contributed by atoms with Crippen molar-refractivity contribution in [3.05, 3.63) is 0 Å². The van der Waals surface area contributed by atoms with Gasteiger partial charge in [0.1, 0.15) is 0 Å². The molecule has 0 aromatic rings. The van der Waals surface area contributed by atoms with Crippen LogP contribution in [0.2, 0.25) is 18.1 Å². The van der Waals surface area contributed by atoms with Crippen molar-refractivity contribution in [1.29, 1.82) is 0 Å². The molecule has 3 unspecified atom stereocenters. The number of hydrogen-bond acceptors (Lipinski definition) is 6.